The number of benzene rings is 1. The maximum absolute atomic E-state index is 13.7. The van der Waals surface area contributed by atoms with E-state index < -0.39 is 27.2 Å². The lowest BCUT2D eigenvalue weighted by atomic mass is 9.96. The van der Waals surface area contributed by atoms with Gasteiger partial charge in [0.2, 0.25) is 15.9 Å². The highest BCUT2D eigenvalue weighted by molar-refractivity contribution is 7.89. The molecule has 3 N–H and O–H groups in total. The molecule has 38 heavy (non-hydrogen) atoms. The first kappa shape index (κ1) is 29.6. The van der Waals surface area contributed by atoms with Crippen LogP contribution in [0, 0.1) is 5.92 Å². The van der Waals surface area contributed by atoms with E-state index in [9.17, 15) is 22.8 Å². The Labute approximate surface area is 223 Å². The molecule has 210 valence electrons. The van der Waals surface area contributed by atoms with Gasteiger partial charge >= 0.3 is 5.69 Å². The van der Waals surface area contributed by atoms with Crippen LogP contribution in [0.1, 0.15) is 57.9 Å². The summed E-state index contributed by atoms with van der Waals surface area (Å²) in [5.74, 6) is -0.641. The van der Waals surface area contributed by atoms with Crippen molar-refractivity contribution in [1.29, 1.82) is 0 Å². The minimum absolute atomic E-state index is 0.0648. The summed E-state index contributed by atoms with van der Waals surface area (Å²) < 4.78 is 34.2. The molecule has 11 nitrogen and oxygen atoms in total. The fourth-order valence-electron chi connectivity index (χ4n) is 4.63. The number of hydrogen-bond donors (Lipinski definition) is 2. The van der Waals surface area contributed by atoms with Crippen LogP contribution in [0.15, 0.2) is 38.8 Å². The standard InChI is InChI=1S/C26H39N5O6S/c1-5-6-13-31-23(27)22(24(32)28-26(31)34)30(16-17-37-4)25(33)20-11-14-29(15-12-20)38(35,36)21-9-7-19(8-10-21)18(2)3/h7-10,18,20H,5-6,11-17,27H2,1-4H3,(H,28,32,34). The molecule has 3 rings (SSSR count). The van der Waals surface area contributed by atoms with Crippen LogP contribution in [0.3, 0.4) is 0 Å². The van der Waals surface area contributed by atoms with E-state index in [2.05, 4.69) is 4.98 Å². The molecule has 0 aliphatic carbocycles. The second kappa shape index (κ2) is 12.7. The van der Waals surface area contributed by atoms with Crippen LogP contribution in [0.2, 0.25) is 0 Å². The zero-order chi connectivity index (χ0) is 28.0. The highest BCUT2D eigenvalue weighted by Crippen LogP contribution is 2.28. The third-order valence-corrected chi connectivity index (χ3v) is 8.90. The maximum atomic E-state index is 13.7. The number of hydrogen-bond acceptors (Lipinski definition) is 7. The topological polar surface area (TPSA) is 148 Å². The van der Waals surface area contributed by atoms with Crippen molar-refractivity contribution in [2.24, 2.45) is 5.92 Å². The number of carbonyl (C=O) groups excluding carboxylic acids is 1. The normalized spacial score (nSPS) is 15.2. The molecule has 1 aromatic heterocycles. The molecule has 1 saturated heterocycles. The van der Waals surface area contributed by atoms with Crippen LogP contribution in [-0.2, 0) is 26.1 Å². The van der Waals surface area contributed by atoms with Gasteiger partial charge in [0, 0.05) is 39.2 Å². The number of anilines is 2. The van der Waals surface area contributed by atoms with Gasteiger partial charge in [-0.1, -0.05) is 39.3 Å². The van der Waals surface area contributed by atoms with Crippen LogP contribution in [0.5, 0.6) is 0 Å². The van der Waals surface area contributed by atoms with Gasteiger partial charge in [0.25, 0.3) is 5.56 Å². The average molecular weight is 550 g/mol. The van der Waals surface area contributed by atoms with Crippen LogP contribution < -0.4 is 21.9 Å². The van der Waals surface area contributed by atoms with Crippen molar-refractivity contribution in [2.45, 2.75) is 63.8 Å². The van der Waals surface area contributed by atoms with Crippen LogP contribution in [-0.4, -0.2) is 61.5 Å². The molecule has 0 atom stereocenters. The monoisotopic (exact) mass is 549 g/mol. The van der Waals surface area contributed by atoms with Crippen molar-refractivity contribution in [2.75, 3.05) is 44.0 Å². The lowest BCUT2D eigenvalue weighted by molar-refractivity contribution is -0.123. The van der Waals surface area contributed by atoms with Crippen molar-refractivity contribution in [3.63, 3.8) is 0 Å². The van der Waals surface area contributed by atoms with E-state index in [0.717, 1.165) is 12.0 Å². The number of H-pyrrole nitrogens is 1. The molecule has 0 bridgehead atoms. The number of nitrogen functional groups attached to an aromatic ring is 1. The van der Waals surface area contributed by atoms with E-state index in [0.29, 0.717) is 31.7 Å². The molecule has 1 aromatic carbocycles. The van der Waals surface area contributed by atoms with Crippen LogP contribution in [0.4, 0.5) is 11.5 Å². The third-order valence-electron chi connectivity index (χ3n) is 6.99. The SMILES string of the molecule is CCCCn1c(N)c(N(CCOC)C(=O)C2CCN(S(=O)(=O)c3ccc(C(C)C)cc3)CC2)c(=O)[nH]c1=O. The molecule has 0 radical (unpaired) electrons. The van der Waals surface area contributed by atoms with E-state index in [1.807, 2.05) is 32.9 Å². The number of piperidine rings is 1. The first-order valence-corrected chi connectivity index (χ1v) is 14.5. The number of amides is 1. The minimum Gasteiger partial charge on any atom is -0.383 e. The number of aromatic nitrogens is 2. The summed E-state index contributed by atoms with van der Waals surface area (Å²) >= 11 is 0. The van der Waals surface area contributed by atoms with Gasteiger partial charge in [0.1, 0.15) is 5.82 Å². The molecule has 0 saturated carbocycles. The summed E-state index contributed by atoms with van der Waals surface area (Å²) in [6, 6.07) is 6.89. The summed E-state index contributed by atoms with van der Waals surface area (Å²) in [7, 11) is -2.22. The summed E-state index contributed by atoms with van der Waals surface area (Å²) in [5, 5.41) is 0. The predicted octanol–water partition coefficient (Wildman–Crippen LogP) is 2.12. The Bertz CT molecular complexity index is 1330. The summed E-state index contributed by atoms with van der Waals surface area (Å²) in [5.41, 5.74) is 5.87. The van der Waals surface area contributed by atoms with Gasteiger partial charge in [-0.2, -0.15) is 4.31 Å². The van der Waals surface area contributed by atoms with Gasteiger partial charge in [-0.05, 0) is 42.9 Å². The molecule has 1 amide bonds. The van der Waals surface area contributed by atoms with Gasteiger partial charge in [-0.15, -0.1) is 0 Å². The fraction of sp³-hybridized carbons (Fsp3) is 0.577. The number of ether oxygens (including phenoxy) is 1. The molecule has 0 unspecified atom stereocenters. The van der Waals surface area contributed by atoms with Crippen molar-refractivity contribution in [3.8, 4) is 0 Å². The zero-order valence-electron chi connectivity index (χ0n) is 22.6. The van der Waals surface area contributed by atoms with E-state index >= 15 is 0 Å². The Morgan fingerprint density at radius 1 is 1.18 bits per heavy atom. The summed E-state index contributed by atoms with van der Waals surface area (Å²) in [6.07, 6.45) is 2.07. The molecule has 1 fully saturated rings. The molecule has 0 spiro atoms. The first-order valence-electron chi connectivity index (χ1n) is 13.1. The van der Waals surface area contributed by atoms with E-state index in [1.54, 1.807) is 12.1 Å². The Kier molecular flexibility index (Phi) is 9.91. The Morgan fingerprint density at radius 3 is 2.37 bits per heavy atom. The Hall–Kier alpha value is -2.96. The number of carbonyl (C=O) groups is 1. The number of unbranched alkanes of at least 4 members (excludes halogenated alkanes) is 1. The molecular weight excluding hydrogens is 510 g/mol. The highest BCUT2D eigenvalue weighted by Gasteiger charge is 2.35. The first-order chi connectivity index (χ1) is 18.0. The molecule has 1 aliphatic rings. The molecule has 2 aromatic rings. The minimum atomic E-state index is -3.70. The van der Waals surface area contributed by atoms with E-state index in [1.165, 1.54) is 20.9 Å². The van der Waals surface area contributed by atoms with Crippen molar-refractivity contribution in [1.82, 2.24) is 13.9 Å². The Balaban J connectivity index is 1.82. The van der Waals surface area contributed by atoms with Crippen molar-refractivity contribution < 1.29 is 17.9 Å². The molecular formula is C26H39N5O6S. The number of methoxy groups -OCH3 is 1. The van der Waals surface area contributed by atoms with Gasteiger partial charge in [-0.25, -0.2) is 13.2 Å². The smallest absolute Gasteiger partial charge is 0.330 e. The number of nitrogens with two attached hydrogens (primary N) is 1. The number of nitrogens with zero attached hydrogens (tertiary/aromatic N) is 3. The Morgan fingerprint density at radius 2 is 1.82 bits per heavy atom. The van der Waals surface area contributed by atoms with Gasteiger partial charge in [0.05, 0.1) is 11.5 Å². The van der Waals surface area contributed by atoms with Crippen molar-refractivity contribution >= 4 is 27.4 Å². The van der Waals surface area contributed by atoms with E-state index in [-0.39, 0.29) is 48.5 Å². The summed E-state index contributed by atoms with van der Waals surface area (Å²) in [6.45, 7) is 6.93. The molecule has 1 aliphatic heterocycles. The zero-order valence-corrected chi connectivity index (χ0v) is 23.4. The maximum Gasteiger partial charge on any atom is 0.330 e. The van der Waals surface area contributed by atoms with Crippen molar-refractivity contribution in [3.05, 3.63) is 50.7 Å². The van der Waals surface area contributed by atoms with E-state index in [4.69, 9.17) is 10.5 Å². The fourth-order valence-corrected chi connectivity index (χ4v) is 6.10. The summed E-state index contributed by atoms with van der Waals surface area (Å²) in [4.78, 5) is 42.6. The van der Waals surface area contributed by atoms with Gasteiger partial charge in [-0.3, -0.25) is 19.1 Å². The number of rotatable bonds is 11. The largest absolute Gasteiger partial charge is 0.383 e. The second-order valence-corrected chi connectivity index (χ2v) is 11.8. The quantitative estimate of drug-likeness (QED) is 0.436. The van der Waals surface area contributed by atoms with Gasteiger partial charge < -0.3 is 15.4 Å². The van der Waals surface area contributed by atoms with Crippen LogP contribution in [0.25, 0.3) is 0 Å². The third kappa shape index (κ3) is 6.36. The second-order valence-electron chi connectivity index (χ2n) is 9.88. The van der Waals surface area contributed by atoms with Crippen LogP contribution >= 0.6 is 0 Å². The van der Waals surface area contributed by atoms with Gasteiger partial charge in [0.15, 0.2) is 5.69 Å². The number of aromatic amines is 1. The average Bonchev–Trinajstić information content (AvgIpc) is 2.90. The lowest BCUT2D eigenvalue weighted by Crippen LogP contribution is -2.48. The number of nitrogens with one attached hydrogen (secondary N) is 1. The highest BCUT2D eigenvalue weighted by atomic mass is 32.2. The number of sulfonamides is 1. The molecule has 2 heterocycles. The lowest BCUT2D eigenvalue weighted by Gasteiger charge is -2.34. The predicted molar refractivity (Wildman–Crippen MR) is 147 cm³/mol. The molecule has 12 heteroatoms.